The monoisotopic (exact) mass is 536 g/mol. The molecule has 0 aromatic heterocycles. The van der Waals surface area contributed by atoms with Gasteiger partial charge in [-0.25, -0.2) is 12.8 Å². The van der Waals surface area contributed by atoms with Gasteiger partial charge in [-0.1, -0.05) is 36.7 Å². The fourth-order valence-electron chi connectivity index (χ4n) is 3.12. The number of fused-ring (bicyclic) bond motifs is 1. The molecule has 4 rings (SSSR count). The van der Waals surface area contributed by atoms with Crippen molar-refractivity contribution in [3.05, 3.63) is 63.9 Å². The minimum absolute atomic E-state index is 0.00307. The fraction of sp³-hybridized carbons (Fsp3) is 0.182. The van der Waals surface area contributed by atoms with Gasteiger partial charge in [0.2, 0.25) is 19.4 Å². The zero-order valence-corrected chi connectivity index (χ0v) is 20.8. The third-order valence-corrected chi connectivity index (χ3v) is 8.34. The van der Waals surface area contributed by atoms with E-state index in [1.807, 2.05) is 0 Å². The molecule has 35 heavy (non-hydrogen) atoms. The molecule has 0 fully saturated rings. The van der Waals surface area contributed by atoms with Crippen LogP contribution in [0.4, 0.5) is 4.39 Å². The van der Waals surface area contributed by atoms with E-state index in [9.17, 15) is 17.6 Å². The number of carbonyl (C=O) groups is 1. The van der Waals surface area contributed by atoms with Gasteiger partial charge in [-0.15, -0.1) is 5.10 Å². The van der Waals surface area contributed by atoms with Crippen LogP contribution in [-0.2, 0) is 21.2 Å². The van der Waals surface area contributed by atoms with Crippen LogP contribution in [0, 0.1) is 11.2 Å². The van der Waals surface area contributed by atoms with Crippen LogP contribution < -0.4 is 9.47 Å². The number of rotatable bonds is 6. The molecule has 0 unspecified atom stereocenters. The summed E-state index contributed by atoms with van der Waals surface area (Å²) in [5.74, 6) is -1.24. The highest BCUT2D eigenvalue weighted by Crippen LogP contribution is 2.38. The quantitative estimate of drug-likeness (QED) is 0.552. The molecule has 1 amide bonds. The van der Waals surface area contributed by atoms with Crippen molar-refractivity contribution in [2.45, 2.75) is 13.5 Å². The summed E-state index contributed by atoms with van der Waals surface area (Å²) in [6.07, 6.45) is 1.37. The van der Waals surface area contributed by atoms with Gasteiger partial charge in [-0.05, 0) is 41.6 Å². The molecule has 9 nitrogen and oxygen atoms in total. The first-order valence-corrected chi connectivity index (χ1v) is 13.0. The van der Waals surface area contributed by atoms with Gasteiger partial charge in [0.25, 0.3) is 5.91 Å². The number of methoxy groups -OCH3 is 1. The maximum atomic E-state index is 13.9. The number of amides is 1. The van der Waals surface area contributed by atoms with Crippen LogP contribution in [0.25, 0.3) is 6.08 Å². The molecule has 1 N–H and O–H groups in total. The van der Waals surface area contributed by atoms with Gasteiger partial charge in [0.05, 0.1) is 23.5 Å². The molecule has 0 aliphatic carbocycles. The lowest BCUT2D eigenvalue weighted by atomic mass is 10.1. The van der Waals surface area contributed by atoms with Crippen LogP contribution in [0.3, 0.4) is 0 Å². The van der Waals surface area contributed by atoms with E-state index < -0.39 is 21.6 Å². The number of nitrogens with zero attached hydrogens (tertiary/aromatic N) is 3. The van der Waals surface area contributed by atoms with Gasteiger partial charge in [-0.2, -0.15) is 10.0 Å². The molecule has 2 aliphatic rings. The Hall–Kier alpha value is -3.22. The van der Waals surface area contributed by atoms with Crippen LogP contribution in [-0.4, -0.2) is 47.6 Å². The van der Waals surface area contributed by atoms with Gasteiger partial charge in [0.1, 0.15) is 12.4 Å². The smallest absolute Gasteiger partial charge is 0.283 e. The minimum Gasteiger partial charge on any atom is -0.493 e. The topological polar surface area (TPSA) is 121 Å². The molecule has 2 aromatic rings. The molecule has 0 saturated carbocycles. The number of amidine groups is 2. The number of benzene rings is 2. The van der Waals surface area contributed by atoms with Crippen LogP contribution >= 0.6 is 23.4 Å². The van der Waals surface area contributed by atoms with E-state index in [1.165, 1.54) is 38.3 Å². The van der Waals surface area contributed by atoms with Crippen molar-refractivity contribution >= 4 is 60.6 Å². The summed E-state index contributed by atoms with van der Waals surface area (Å²) in [6.45, 7) is 1.39. The van der Waals surface area contributed by atoms with E-state index >= 15 is 0 Å². The molecule has 0 saturated heterocycles. The van der Waals surface area contributed by atoms with Gasteiger partial charge >= 0.3 is 0 Å². The number of thioether (sulfide) groups is 1. The van der Waals surface area contributed by atoms with Crippen LogP contribution in [0.15, 0.2) is 52.1 Å². The summed E-state index contributed by atoms with van der Waals surface area (Å²) >= 11 is 7.11. The highest BCUT2D eigenvalue weighted by molar-refractivity contribution is 8.42. The van der Waals surface area contributed by atoms with Crippen molar-refractivity contribution in [2.75, 3.05) is 12.9 Å². The number of nitrogens with one attached hydrogen (secondary N) is 1. The largest absolute Gasteiger partial charge is 0.493 e. The Bertz CT molecular complexity index is 1440. The summed E-state index contributed by atoms with van der Waals surface area (Å²) in [5.41, 5.74) is 0.612. The molecule has 182 valence electrons. The summed E-state index contributed by atoms with van der Waals surface area (Å²) in [4.78, 5) is 16.5. The second kappa shape index (κ2) is 9.80. The molecule has 2 aliphatic heterocycles. The Morgan fingerprint density at radius 1 is 1.29 bits per heavy atom. The van der Waals surface area contributed by atoms with E-state index in [0.29, 0.717) is 11.1 Å². The first kappa shape index (κ1) is 24.9. The van der Waals surface area contributed by atoms with Gasteiger partial charge in [0.15, 0.2) is 17.3 Å². The van der Waals surface area contributed by atoms with E-state index in [4.69, 9.17) is 26.5 Å². The van der Waals surface area contributed by atoms with E-state index in [2.05, 4.69) is 10.1 Å². The van der Waals surface area contributed by atoms with Gasteiger partial charge < -0.3 is 9.47 Å². The van der Waals surface area contributed by atoms with Crippen molar-refractivity contribution in [3.63, 3.8) is 0 Å². The van der Waals surface area contributed by atoms with Crippen LogP contribution in [0.2, 0.25) is 5.02 Å². The second-order valence-corrected chi connectivity index (χ2v) is 11.0. The van der Waals surface area contributed by atoms with Crippen molar-refractivity contribution in [3.8, 4) is 11.5 Å². The van der Waals surface area contributed by atoms with Crippen molar-refractivity contribution in [2.24, 2.45) is 10.1 Å². The number of halogens is 2. The standard InChI is InChI=1S/C22H18ClFN4O5S2/c1-3-35(30,31)22-27-28-19(25)14(20(29)26-21(28)34-22)8-12-9-15(23)18(17(10-12)32-2)33-11-13-6-4-5-7-16(13)24/h4-10,25H,3,11H2,1-2H3/b14-8-,25-19?. The zero-order chi connectivity index (χ0) is 25.3. The lowest BCUT2D eigenvalue weighted by Gasteiger charge is -2.20. The third-order valence-electron chi connectivity index (χ3n) is 4.97. The van der Waals surface area contributed by atoms with E-state index in [1.54, 1.807) is 18.2 Å². The number of aliphatic imine (C=N–C) groups is 1. The Kier molecular flexibility index (Phi) is 6.97. The SMILES string of the molecule is CCS(=O)(=O)C1=NN2C(=N)/C(=C/c3cc(Cl)c(OCc4ccccc4F)c(OC)c3)C(=O)N=C2S1. The molecule has 0 radical (unpaired) electrons. The maximum Gasteiger partial charge on any atom is 0.283 e. The van der Waals surface area contributed by atoms with E-state index in [0.717, 1.165) is 16.8 Å². The highest BCUT2D eigenvalue weighted by atomic mass is 35.5. The summed E-state index contributed by atoms with van der Waals surface area (Å²) < 4.78 is 49.0. The number of ether oxygens (including phenoxy) is 2. The molecule has 13 heteroatoms. The molecule has 0 atom stereocenters. The second-order valence-electron chi connectivity index (χ2n) is 7.20. The summed E-state index contributed by atoms with van der Waals surface area (Å²) in [7, 11) is -2.23. The number of hydrogen-bond donors (Lipinski definition) is 1. The first-order chi connectivity index (χ1) is 16.6. The van der Waals surface area contributed by atoms with Crippen molar-refractivity contribution in [1.29, 1.82) is 5.41 Å². The summed E-state index contributed by atoms with van der Waals surface area (Å²) in [5, 5.41) is 13.5. The summed E-state index contributed by atoms with van der Waals surface area (Å²) in [6, 6.07) is 9.18. The average Bonchev–Trinajstić information content (AvgIpc) is 3.27. The molecule has 0 bridgehead atoms. The molecule has 2 aromatic carbocycles. The first-order valence-electron chi connectivity index (χ1n) is 10.1. The number of hydrazone groups is 1. The third kappa shape index (κ3) is 4.95. The number of carbonyl (C=O) groups excluding carboxylic acids is 1. The normalized spacial score (nSPS) is 16.8. The van der Waals surface area contributed by atoms with Gasteiger partial charge in [-0.3, -0.25) is 10.2 Å². The Balaban J connectivity index is 1.63. The van der Waals surface area contributed by atoms with Crippen molar-refractivity contribution in [1.82, 2.24) is 5.01 Å². The Morgan fingerprint density at radius 3 is 2.71 bits per heavy atom. The van der Waals surface area contributed by atoms with Gasteiger partial charge in [0, 0.05) is 5.56 Å². The lowest BCUT2D eigenvalue weighted by Crippen LogP contribution is -2.35. The fourth-order valence-corrected chi connectivity index (χ4v) is 5.56. The highest BCUT2D eigenvalue weighted by Gasteiger charge is 2.39. The van der Waals surface area contributed by atoms with E-state index in [-0.39, 0.29) is 49.8 Å². The van der Waals surface area contributed by atoms with Crippen LogP contribution in [0.5, 0.6) is 11.5 Å². The molecule has 0 spiro atoms. The van der Waals surface area contributed by atoms with Crippen LogP contribution in [0.1, 0.15) is 18.1 Å². The zero-order valence-electron chi connectivity index (χ0n) is 18.4. The molecular formula is C22H18ClFN4O5S2. The predicted molar refractivity (Wildman–Crippen MR) is 133 cm³/mol. The Labute approximate surface area is 209 Å². The van der Waals surface area contributed by atoms with Crippen molar-refractivity contribution < 1.29 is 27.1 Å². The molecular weight excluding hydrogens is 519 g/mol. The predicted octanol–water partition coefficient (Wildman–Crippen LogP) is 4.08. The number of hydrogen-bond acceptors (Lipinski definition) is 8. The molecule has 2 heterocycles. The minimum atomic E-state index is -3.63. The number of sulfone groups is 1. The maximum absolute atomic E-state index is 13.9. The Morgan fingerprint density at radius 2 is 2.03 bits per heavy atom. The average molecular weight is 537 g/mol. The lowest BCUT2D eigenvalue weighted by molar-refractivity contribution is -0.114.